The second-order valence-electron chi connectivity index (χ2n) is 4.23. The summed E-state index contributed by atoms with van der Waals surface area (Å²) in [5, 5.41) is 5.79. The Bertz CT molecular complexity index is 423. The first kappa shape index (κ1) is 12.6. The molecule has 0 radical (unpaired) electrons. The van der Waals surface area contributed by atoms with Crippen molar-refractivity contribution in [1.82, 2.24) is 15.3 Å². The fraction of sp³-hybridized carbons (Fsp3) is 0.583. The Balaban J connectivity index is 2.19. The SMILES string of the molecule is CCNc1nccc(N2CCCC2C(=O)NC)n1. The number of anilines is 2. The van der Waals surface area contributed by atoms with Crippen LogP contribution in [-0.2, 0) is 4.79 Å². The number of aromatic nitrogens is 2. The van der Waals surface area contributed by atoms with Crippen molar-refractivity contribution in [3.05, 3.63) is 12.3 Å². The molecule has 0 aliphatic carbocycles. The van der Waals surface area contributed by atoms with E-state index < -0.39 is 0 Å². The van der Waals surface area contributed by atoms with Gasteiger partial charge in [0.1, 0.15) is 11.9 Å². The molecule has 2 heterocycles. The second-order valence-corrected chi connectivity index (χ2v) is 4.23. The van der Waals surface area contributed by atoms with Gasteiger partial charge < -0.3 is 15.5 Å². The molecule has 1 aromatic heterocycles. The summed E-state index contributed by atoms with van der Waals surface area (Å²) in [5.74, 6) is 1.47. The zero-order valence-corrected chi connectivity index (χ0v) is 10.8. The van der Waals surface area contributed by atoms with Gasteiger partial charge in [-0.2, -0.15) is 4.98 Å². The summed E-state index contributed by atoms with van der Waals surface area (Å²) in [6.07, 6.45) is 3.61. The van der Waals surface area contributed by atoms with Crippen LogP contribution in [0, 0.1) is 0 Å². The molecule has 2 rings (SSSR count). The zero-order chi connectivity index (χ0) is 13.0. The number of nitrogens with zero attached hydrogens (tertiary/aromatic N) is 3. The van der Waals surface area contributed by atoms with Crippen molar-refractivity contribution in [2.75, 3.05) is 30.4 Å². The van der Waals surface area contributed by atoms with E-state index in [2.05, 4.69) is 20.6 Å². The maximum atomic E-state index is 11.8. The molecule has 1 unspecified atom stereocenters. The van der Waals surface area contributed by atoms with Gasteiger partial charge in [-0.3, -0.25) is 4.79 Å². The first-order valence-electron chi connectivity index (χ1n) is 6.31. The van der Waals surface area contributed by atoms with E-state index in [9.17, 15) is 4.79 Å². The maximum Gasteiger partial charge on any atom is 0.242 e. The molecule has 1 fully saturated rings. The maximum absolute atomic E-state index is 11.8. The van der Waals surface area contributed by atoms with Gasteiger partial charge in [0, 0.05) is 26.3 Å². The lowest BCUT2D eigenvalue weighted by atomic mass is 10.2. The molecule has 2 N–H and O–H groups in total. The molecule has 1 aromatic rings. The molecule has 1 saturated heterocycles. The molecule has 6 nitrogen and oxygen atoms in total. The molecule has 18 heavy (non-hydrogen) atoms. The van der Waals surface area contributed by atoms with E-state index in [4.69, 9.17) is 0 Å². The highest BCUT2D eigenvalue weighted by molar-refractivity contribution is 5.85. The van der Waals surface area contributed by atoms with Crippen molar-refractivity contribution < 1.29 is 4.79 Å². The van der Waals surface area contributed by atoms with E-state index in [0.29, 0.717) is 5.95 Å². The number of amides is 1. The van der Waals surface area contributed by atoms with Crippen molar-refractivity contribution in [3.63, 3.8) is 0 Å². The average Bonchev–Trinajstić information content (AvgIpc) is 2.88. The Kier molecular flexibility index (Phi) is 3.96. The summed E-state index contributed by atoms with van der Waals surface area (Å²) in [4.78, 5) is 22.4. The summed E-state index contributed by atoms with van der Waals surface area (Å²) >= 11 is 0. The van der Waals surface area contributed by atoms with Crippen molar-refractivity contribution in [2.24, 2.45) is 0 Å². The predicted molar refractivity (Wildman–Crippen MR) is 70.6 cm³/mol. The Morgan fingerprint density at radius 2 is 2.44 bits per heavy atom. The Hall–Kier alpha value is -1.85. The van der Waals surface area contributed by atoms with Gasteiger partial charge in [0.2, 0.25) is 11.9 Å². The second kappa shape index (κ2) is 5.66. The molecule has 1 atom stereocenters. The number of rotatable bonds is 4. The summed E-state index contributed by atoms with van der Waals surface area (Å²) in [5.41, 5.74) is 0. The van der Waals surface area contributed by atoms with E-state index >= 15 is 0 Å². The first-order valence-corrected chi connectivity index (χ1v) is 6.31. The summed E-state index contributed by atoms with van der Waals surface area (Å²) in [7, 11) is 1.67. The van der Waals surface area contributed by atoms with E-state index in [0.717, 1.165) is 31.7 Å². The fourth-order valence-electron chi connectivity index (χ4n) is 2.23. The number of nitrogens with one attached hydrogen (secondary N) is 2. The predicted octanol–water partition coefficient (Wildman–Crippen LogP) is 0.623. The molecule has 1 amide bonds. The van der Waals surface area contributed by atoms with Crippen LogP contribution in [0.1, 0.15) is 19.8 Å². The van der Waals surface area contributed by atoms with E-state index in [1.807, 2.05) is 17.9 Å². The molecule has 6 heteroatoms. The molecule has 0 bridgehead atoms. The third-order valence-corrected chi connectivity index (χ3v) is 3.07. The number of hydrogen-bond acceptors (Lipinski definition) is 5. The largest absolute Gasteiger partial charge is 0.357 e. The molecule has 1 aliphatic rings. The van der Waals surface area contributed by atoms with Crippen LogP contribution in [0.5, 0.6) is 0 Å². The molecular weight excluding hydrogens is 230 g/mol. The molecule has 0 aromatic carbocycles. The zero-order valence-electron chi connectivity index (χ0n) is 10.8. The van der Waals surface area contributed by atoms with Gasteiger partial charge >= 0.3 is 0 Å². The quantitative estimate of drug-likeness (QED) is 0.818. The summed E-state index contributed by atoms with van der Waals surface area (Å²) in [6.45, 7) is 3.64. The highest BCUT2D eigenvalue weighted by Gasteiger charge is 2.31. The van der Waals surface area contributed by atoms with Crippen LogP contribution in [0.15, 0.2) is 12.3 Å². The van der Waals surface area contributed by atoms with Gasteiger partial charge in [-0.05, 0) is 25.8 Å². The number of likely N-dealkylation sites (N-methyl/N-ethyl adjacent to an activating group) is 1. The van der Waals surface area contributed by atoms with Crippen molar-refractivity contribution in [3.8, 4) is 0 Å². The monoisotopic (exact) mass is 249 g/mol. The topological polar surface area (TPSA) is 70.2 Å². The smallest absolute Gasteiger partial charge is 0.242 e. The molecule has 1 aliphatic heterocycles. The third kappa shape index (κ3) is 2.52. The normalized spacial score (nSPS) is 18.8. The number of carbonyl (C=O) groups is 1. The van der Waals surface area contributed by atoms with E-state index in [1.54, 1.807) is 13.2 Å². The minimum atomic E-state index is -0.112. The number of hydrogen-bond donors (Lipinski definition) is 2. The molecule has 0 spiro atoms. The van der Waals surface area contributed by atoms with Crippen LogP contribution >= 0.6 is 0 Å². The van der Waals surface area contributed by atoms with Gasteiger partial charge in [0.05, 0.1) is 0 Å². The fourth-order valence-corrected chi connectivity index (χ4v) is 2.23. The van der Waals surface area contributed by atoms with Crippen LogP contribution in [0.3, 0.4) is 0 Å². The van der Waals surface area contributed by atoms with Gasteiger partial charge in [-0.15, -0.1) is 0 Å². The Morgan fingerprint density at radius 1 is 1.61 bits per heavy atom. The van der Waals surface area contributed by atoms with Gasteiger partial charge in [0.15, 0.2) is 0 Å². The van der Waals surface area contributed by atoms with E-state index in [-0.39, 0.29) is 11.9 Å². The van der Waals surface area contributed by atoms with Crippen LogP contribution in [0.4, 0.5) is 11.8 Å². The molecule has 98 valence electrons. The van der Waals surface area contributed by atoms with Crippen molar-refractivity contribution in [2.45, 2.75) is 25.8 Å². The van der Waals surface area contributed by atoms with Gasteiger partial charge in [0.25, 0.3) is 0 Å². The van der Waals surface area contributed by atoms with E-state index in [1.165, 1.54) is 0 Å². The third-order valence-electron chi connectivity index (χ3n) is 3.07. The lowest BCUT2D eigenvalue weighted by Crippen LogP contribution is -2.42. The van der Waals surface area contributed by atoms with Crippen LogP contribution in [0.2, 0.25) is 0 Å². The summed E-state index contributed by atoms with van der Waals surface area (Å²) in [6, 6.07) is 1.74. The molecular formula is C12H19N5O. The standard InChI is InChI=1S/C12H19N5O/c1-3-14-12-15-7-6-10(16-12)17-8-4-5-9(17)11(18)13-2/h6-7,9H,3-5,8H2,1-2H3,(H,13,18)(H,14,15,16). The Morgan fingerprint density at radius 3 is 3.17 bits per heavy atom. The van der Waals surface area contributed by atoms with Gasteiger partial charge in [-0.25, -0.2) is 4.98 Å². The Labute approximate surface area is 107 Å². The first-order chi connectivity index (χ1) is 8.76. The summed E-state index contributed by atoms with van der Waals surface area (Å²) < 4.78 is 0. The van der Waals surface area contributed by atoms with Gasteiger partial charge in [-0.1, -0.05) is 0 Å². The average molecular weight is 249 g/mol. The highest BCUT2D eigenvalue weighted by Crippen LogP contribution is 2.24. The van der Waals surface area contributed by atoms with Crippen LogP contribution in [-0.4, -0.2) is 42.1 Å². The number of carbonyl (C=O) groups excluding carboxylic acids is 1. The van der Waals surface area contributed by atoms with Crippen molar-refractivity contribution in [1.29, 1.82) is 0 Å². The van der Waals surface area contributed by atoms with Crippen LogP contribution in [0.25, 0.3) is 0 Å². The van der Waals surface area contributed by atoms with Crippen molar-refractivity contribution >= 4 is 17.7 Å². The lowest BCUT2D eigenvalue weighted by Gasteiger charge is -2.24. The minimum absolute atomic E-state index is 0.0520. The highest BCUT2D eigenvalue weighted by atomic mass is 16.2. The molecule has 0 saturated carbocycles. The minimum Gasteiger partial charge on any atom is -0.357 e. The van der Waals surface area contributed by atoms with Crippen LogP contribution < -0.4 is 15.5 Å². The lowest BCUT2D eigenvalue weighted by molar-refractivity contribution is -0.121.